The first-order valence-corrected chi connectivity index (χ1v) is 6.62. The normalized spacial score (nSPS) is 12.1. The smallest absolute Gasteiger partial charge is 0.127 e. The van der Waals surface area contributed by atoms with Gasteiger partial charge < -0.3 is 10.5 Å². The Morgan fingerprint density at radius 2 is 1.56 bits per heavy atom. The van der Waals surface area contributed by atoms with Crippen LogP contribution < -0.4 is 10.5 Å². The van der Waals surface area contributed by atoms with E-state index in [2.05, 4.69) is 12.6 Å². The van der Waals surface area contributed by atoms with Crippen molar-refractivity contribution in [2.24, 2.45) is 5.73 Å². The Morgan fingerprint density at radius 1 is 0.944 bits per heavy atom. The molecule has 2 aromatic carbocycles. The van der Waals surface area contributed by atoms with Crippen molar-refractivity contribution in [2.45, 2.75) is 12.5 Å². The number of para-hydroxylation sites is 1. The zero-order valence-corrected chi connectivity index (χ0v) is 11.0. The molecule has 2 N–H and O–H groups in total. The van der Waals surface area contributed by atoms with Gasteiger partial charge in [0.1, 0.15) is 11.5 Å². The van der Waals surface area contributed by atoms with Crippen LogP contribution in [-0.2, 0) is 0 Å². The third-order valence-electron chi connectivity index (χ3n) is 2.73. The molecular formula is C15H17NOS. The van der Waals surface area contributed by atoms with E-state index in [0.29, 0.717) is 0 Å². The maximum atomic E-state index is 6.02. The van der Waals surface area contributed by atoms with Crippen LogP contribution in [0.1, 0.15) is 18.0 Å². The molecule has 0 fully saturated rings. The summed E-state index contributed by atoms with van der Waals surface area (Å²) in [6.07, 6.45) is 0.877. The van der Waals surface area contributed by atoms with Crippen molar-refractivity contribution < 1.29 is 4.74 Å². The van der Waals surface area contributed by atoms with Crippen LogP contribution in [0.5, 0.6) is 11.5 Å². The fourth-order valence-electron chi connectivity index (χ4n) is 1.71. The number of thiol groups is 1. The minimum absolute atomic E-state index is 0.0493. The molecule has 0 radical (unpaired) electrons. The molecule has 0 aliphatic rings. The van der Waals surface area contributed by atoms with E-state index < -0.39 is 0 Å². The van der Waals surface area contributed by atoms with Crippen LogP contribution in [0.3, 0.4) is 0 Å². The van der Waals surface area contributed by atoms with Gasteiger partial charge >= 0.3 is 0 Å². The van der Waals surface area contributed by atoms with Crippen LogP contribution >= 0.6 is 12.6 Å². The second-order valence-electron chi connectivity index (χ2n) is 4.10. The van der Waals surface area contributed by atoms with E-state index in [0.717, 1.165) is 29.2 Å². The molecule has 0 aliphatic carbocycles. The molecule has 3 heteroatoms. The zero-order chi connectivity index (χ0) is 12.8. The molecule has 2 aromatic rings. The third-order valence-corrected chi connectivity index (χ3v) is 2.99. The van der Waals surface area contributed by atoms with Gasteiger partial charge in [0.05, 0.1) is 0 Å². The Kier molecular flexibility index (Phi) is 4.67. The van der Waals surface area contributed by atoms with Gasteiger partial charge in [-0.3, -0.25) is 0 Å². The van der Waals surface area contributed by atoms with Gasteiger partial charge in [0.15, 0.2) is 0 Å². The number of hydrogen-bond acceptors (Lipinski definition) is 3. The highest BCUT2D eigenvalue weighted by molar-refractivity contribution is 7.80. The zero-order valence-electron chi connectivity index (χ0n) is 10.1. The third kappa shape index (κ3) is 3.52. The summed E-state index contributed by atoms with van der Waals surface area (Å²) in [5.74, 6) is 2.46. The maximum absolute atomic E-state index is 6.02. The summed E-state index contributed by atoms with van der Waals surface area (Å²) in [5, 5.41) is 0. The average Bonchev–Trinajstić information content (AvgIpc) is 2.41. The summed E-state index contributed by atoms with van der Waals surface area (Å²) in [6, 6.07) is 17.7. The van der Waals surface area contributed by atoms with E-state index in [4.69, 9.17) is 10.5 Å². The molecule has 0 spiro atoms. The molecular weight excluding hydrogens is 242 g/mol. The molecule has 1 atom stereocenters. The standard InChI is InChI=1S/C15H17NOS/c16-15(10-11-18)12-6-8-14(9-7-12)17-13-4-2-1-3-5-13/h1-9,15,18H,10-11,16H2. The lowest BCUT2D eigenvalue weighted by atomic mass is 10.1. The number of benzene rings is 2. The van der Waals surface area contributed by atoms with Crippen LogP contribution in [0.25, 0.3) is 0 Å². The molecule has 0 saturated carbocycles. The summed E-state index contributed by atoms with van der Waals surface area (Å²) < 4.78 is 5.72. The second-order valence-corrected chi connectivity index (χ2v) is 4.55. The molecule has 0 heterocycles. The molecule has 0 aliphatic heterocycles. The van der Waals surface area contributed by atoms with Crippen molar-refractivity contribution in [2.75, 3.05) is 5.75 Å². The predicted octanol–water partition coefficient (Wildman–Crippen LogP) is 3.80. The molecule has 0 amide bonds. The van der Waals surface area contributed by atoms with E-state index in [1.54, 1.807) is 0 Å². The molecule has 2 rings (SSSR count). The maximum Gasteiger partial charge on any atom is 0.127 e. The van der Waals surface area contributed by atoms with Crippen molar-refractivity contribution in [3.63, 3.8) is 0 Å². The number of nitrogens with two attached hydrogens (primary N) is 1. The van der Waals surface area contributed by atoms with Crippen molar-refractivity contribution in [1.82, 2.24) is 0 Å². The van der Waals surface area contributed by atoms with Gasteiger partial charge in [-0.05, 0) is 42.0 Å². The van der Waals surface area contributed by atoms with Gasteiger partial charge in [-0.15, -0.1) is 0 Å². The van der Waals surface area contributed by atoms with Gasteiger partial charge in [-0.25, -0.2) is 0 Å². The summed E-state index contributed by atoms with van der Waals surface area (Å²) in [5.41, 5.74) is 7.13. The average molecular weight is 259 g/mol. The molecule has 1 unspecified atom stereocenters. The first-order valence-electron chi connectivity index (χ1n) is 5.99. The molecule has 18 heavy (non-hydrogen) atoms. The fraction of sp³-hybridized carbons (Fsp3) is 0.200. The van der Waals surface area contributed by atoms with E-state index in [9.17, 15) is 0 Å². The van der Waals surface area contributed by atoms with E-state index in [1.807, 2.05) is 54.6 Å². The van der Waals surface area contributed by atoms with Crippen molar-refractivity contribution >= 4 is 12.6 Å². The van der Waals surface area contributed by atoms with Gasteiger partial charge in [0, 0.05) is 6.04 Å². The van der Waals surface area contributed by atoms with Gasteiger partial charge in [0.25, 0.3) is 0 Å². The number of ether oxygens (including phenoxy) is 1. The Bertz CT molecular complexity index is 470. The highest BCUT2D eigenvalue weighted by Gasteiger charge is 2.05. The Labute approximate surface area is 113 Å². The quantitative estimate of drug-likeness (QED) is 0.801. The minimum Gasteiger partial charge on any atom is -0.457 e. The van der Waals surface area contributed by atoms with Crippen LogP contribution in [0.15, 0.2) is 54.6 Å². The highest BCUT2D eigenvalue weighted by Crippen LogP contribution is 2.23. The monoisotopic (exact) mass is 259 g/mol. The summed E-state index contributed by atoms with van der Waals surface area (Å²) in [7, 11) is 0. The topological polar surface area (TPSA) is 35.2 Å². The van der Waals surface area contributed by atoms with Gasteiger partial charge in [0.2, 0.25) is 0 Å². The van der Waals surface area contributed by atoms with E-state index in [1.165, 1.54) is 0 Å². The largest absolute Gasteiger partial charge is 0.457 e. The fourth-order valence-corrected chi connectivity index (χ4v) is 1.99. The highest BCUT2D eigenvalue weighted by atomic mass is 32.1. The van der Waals surface area contributed by atoms with Gasteiger partial charge in [-0.2, -0.15) is 12.6 Å². The summed E-state index contributed by atoms with van der Waals surface area (Å²) in [6.45, 7) is 0. The molecule has 2 nitrogen and oxygen atoms in total. The minimum atomic E-state index is 0.0493. The number of hydrogen-bond donors (Lipinski definition) is 2. The van der Waals surface area contributed by atoms with Crippen molar-refractivity contribution in [3.05, 3.63) is 60.2 Å². The van der Waals surface area contributed by atoms with Crippen LogP contribution in [0.4, 0.5) is 0 Å². The van der Waals surface area contributed by atoms with Crippen LogP contribution in [-0.4, -0.2) is 5.75 Å². The van der Waals surface area contributed by atoms with Crippen LogP contribution in [0.2, 0.25) is 0 Å². The Morgan fingerprint density at radius 3 is 2.17 bits per heavy atom. The lowest BCUT2D eigenvalue weighted by molar-refractivity contribution is 0.482. The van der Waals surface area contributed by atoms with Gasteiger partial charge in [-0.1, -0.05) is 30.3 Å². The Balaban J connectivity index is 2.04. The predicted molar refractivity (Wildman–Crippen MR) is 78.4 cm³/mol. The Hall–Kier alpha value is -1.45. The van der Waals surface area contributed by atoms with E-state index >= 15 is 0 Å². The SMILES string of the molecule is NC(CCS)c1ccc(Oc2ccccc2)cc1. The lowest BCUT2D eigenvalue weighted by Gasteiger charge is -2.11. The molecule has 0 saturated heterocycles. The number of rotatable bonds is 5. The lowest BCUT2D eigenvalue weighted by Crippen LogP contribution is -2.10. The van der Waals surface area contributed by atoms with Crippen molar-refractivity contribution in [3.8, 4) is 11.5 Å². The summed E-state index contributed by atoms with van der Waals surface area (Å²) in [4.78, 5) is 0. The van der Waals surface area contributed by atoms with Crippen molar-refractivity contribution in [1.29, 1.82) is 0 Å². The first kappa shape index (κ1) is 13.0. The molecule has 0 bridgehead atoms. The van der Waals surface area contributed by atoms with Crippen LogP contribution in [0, 0.1) is 0 Å². The first-order chi connectivity index (χ1) is 8.79. The van der Waals surface area contributed by atoms with E-state index in [-0.39, 0.29) is 6.04 Å². The molecule has 0 aromatic heterocycles. The summed E-state index contributed by atoms with van der Waals surface area (Å²) >= 11 is 4.19. The molecule has 94 valence electrons. The second kappa shape index (κ2) is 6.47.